The van der Waals surface area contributed by atoms with Crippen molar-refractivity contribution < 1.29 is 24.2 Å². The predicted molar refractivity (Wildman–Crippen MR) is 146 cm³/mol. The van der Waals surface area contributed by atoms with Gasteiger partial charge in [-0.3, -0.25) is 9.59 Å². The van der Waals surface area contributed by atoms with Crippen LogP contribution in [0.2, 0.25) is 0 Å². The molecule has 1 N–H and O–H groups in total. The summed E-state index contributed by atoms with van der Waals surface area (Å²) in [6.07, 6.45) is 18.7. The summed E-state index contributed by atoms with van der Waals surface area (Å²) in [4.78, 5) is 23.3. The lowest BCUT2D eigenvalue weighted by molar-refractivity contribution is -0.190. The number of fused-ring (bicyclic) bond motifs is 7. The second kappa shape index (κ2) is 10.1. The van der Waals surface area contributed by atoms with Crippen LogP contribution < -0.4 is 0 Å². The summed E-state index contributed by atoms with van der Waals surface area (Å²) < 4.78 is 9.92. The fourth-order valence-corrected chi connectivity index (χ4v) is 11.4. The number of carbonyl (C=O) groups is 2. The maximum Gasteiger partial charge on any atom is 0.309 e. The SMILES string of the molecule is CC1CCCC2(C)C1CCC1(C)C3CCC4(C(=O)O)CCCC4C3CCC21.O=C(OCC1CO1)C1CCC1. The summed E-state index contributed by atoms with van der Waals surface area (Å²) in [6.45, 7) is 9.07. The minimum atomic E-state index is -0.465. The Morgan fingerprint density at radius 2 is 1.53 bits per heavy atom. The minimum Gasteiger partial charge on any atom is -0.481 e. The molecular weight excluding hydrogens is 476 g/mol. The van der Waals surface area contributed by atoms with Crippen LogP contribution in [-0.2, 0) is 19.1 Å². The molecule has 1 heterocycles. The van der Waals surface area contributed by atoms with Gasteiger partial charge in [-0.1, -0.05) is 46.5 Å². The second-order valence-corrected chi connectivity index (χ2v) is 15.1. The van der Waals surface area contributed by atoms with Crippen LogP contribution in [0.1, 0.15) is 117 Å². The molecule has 7 rings (SSSR count). The van der Waals surface area contributed by atoms with Gasteiger partial charge in [0.05, 0.1) is 17.9 Å². The van der Waals surface area contributed by atoms with Crippen LogP contribution in [0, 0.1) is 57.7 Å². The molecule has 6 saturated carbocycles. The van der Waals surface area contributed by atoms with Crippen molar-refractivity contribution in [2.45, 2.75) is 123 Å². The number of ether oxygens (including phenoxy) is 2. The normalized spacial score (nSPS) is 49.1. The maximum absolute atomic E-state index is 12.3. The standard InChI is InChI=1S/C25H40O2.C8H12O3/c1-16-6-4-12-23(2)18(16)10-14-24(3)19-11-15-25(22(26)27)13-5-7-20(25)17(19)8-9-21(23)24;9-8(6-2-1-3-6)11-5-7-4-10-7/h16-21H,4-15H2,1-3H3,(H,26,27);6-7H,1-5H2. The van der Waals surface area contributed by atoms with Gasteiger partial charge in [-0.15, -0.1) is 0 Å². The summed E-state index contributed by atoms with van der Waals surface area (Å²) >= 11 is 0. The van der Waals surface area contributed by atoms with Crippen molar-refractivity contribution in [3.63, 3.8) is 0 Å². The Morgan fingerprint density at radius 3 is 2.21 bits per heavy atom. The molecule has 0 aromatic rings. The van der Waals surface area contributed by atoms with Gasteiger partial charge in [0, 0.05) is 0 Å². The molecule has 0 amide bonds. The molecule has 0 bridgehead atoms. The summed E-state index contributed by atoms with van der Waals surface area (Å²) in [7, 11) is 0. The van der Waals surface area contributed by atoms with E-state index in [9.17, 15) is 14.7 Å². The fourth-order valence-electron chi connectivity index (χ4n) is 11.4. The number of carboxylic acid groups (broad SMARTS) is 1. The quantitative estimate of drug-likeness (QED) is 0.307. The Hall–Kier alpha value is -1.10. The van der Waals surface area contributed by atoms with Crippen LogP contribution in [0.25, 0.3) is 0 Å². The van der Waals surface area contributed by atoms with Gasteiger partial charge in [0.25, 0.3) is 0 Å². The topological polar surface area (TPSA) is 76.1 Å². The Balaban J connectivity index is 0.000000200. The van der Waals surface area contributed by atoms with Crippen molar-refractivity contribution in [2.75, 3.05) is 13.2 Å². The van der Waals surface area contributed by atoms with Crippen LogP contribution in [0.5, 0.6) is 0 Å². The smallest absolute Gasteiger partial charge is 0.309 e. The molecule has 0 aromatic heterocycles. The summed E-state index contributed by atoms with van der Waals surface area (Å²) in [5.41, 5.74) is 0.663. The number of epoxide rings is 1. The zero-order valence-corrected chi connectivity index (χ0v) is 24.2. The Kier molecular flexibility index (Phi) is 7.18. The van der Waals surface area contributed by atoms with Gasteiger partial charge in [0.15, 0.2) is 0 Å². The van der Waals surface area contributed by atoms with Gasteiger partial charge in [0.1, 0.15) is 12.7 Å². The monoisotopic (exact) mass is 528 g/mol. The van der Waals surface area contributed by atoms with Crippen LogP contribution in [0.3, 0.4) is 0 Å². The van der Waals surface area contributed by atoms with E-state index in [-0.39, 0.29) is 23.4 Å². The van der Waals surface area contributed by atoms with Crippen molar-refractivity contribution in [1.82, 2.24) is 0 Å². The van der Waals surface area contributed by atoms with Crippen LogP contribution in [-0.4, -0.2) is 36.4 Å². The van der Waals surface area contributed by atoms with Crippen molar-refractivity contribution in [2.24, 2.45) is 57.7 Å². The highest BCUT2D eigenvalue weighted by Crippen LogP contribution is 2.71. The van der Waals surface area contributed by atoms with Gasteiger partial charge in [-0.25, -0.2) is 0 Å². The lowest BCUT2D eigenvalue weighted by Gasteiger charge is -2.67. The number of hydrogen-bond acceptors (Lipinski definition) is 4. The van der Waals surface area contributed by atoms with E-state index < -0.39 is 5.97 Å². The second-order valence-electron chi connectivity index (χ2n) is 15.1. The molecule has 10 atom stereocenters. The Morgan fingerprint density at radius 1 is 0.816 bits per heavy atom. The summed E-state index contributed by atoms with van der Waals surface area (Å²) in [5.74, 6) is 4.41. The minimum absolute atomic E-state index is 0.0215. The molecular formula is C33H52O5. The third kappa shape index (κ3) is 4.36. The fraction of sp³-hybridized carbons (Fsp3) is 0.939. The molecule has 1 aliphatic heterocycles. The largest absolute Gasteiger partial charge is 0.481 e. The summed E-state index contributed by atoms with van der Waals surface area (Å²) in [5, 5.41) is 10.1. The first-order valence-electron chi connectivity index (χ1n) is 16.2. The van der Waals surface area contributed by atoms with Crippen molar-refractivity contribution in [1.29, 1.82) is 0 Å². The molecule has 5 heteroatoms. The van der Waals surface area contributed by atoms with E-state index in [1.54, 1.807) is 0 Å². The van der Waals surface area contributed by atoms with Gasteiger partial charge in [0.2, 0.25) is 0 Å². The number of esters is 1. The maximum atomic E-state index is 12.3. The van der Waals surface area contributed by atoms with Gasteiger partial charge in [-0.05, 0) is 117 Å². The first-order chi connectivity index (χ1) is 18.2. The Bertz CT molecular complexity index is 909. The highest BCUT2D eigenvalue weighted by Gasteiger charge is 2.65. The van der Waals surface area contributed by atoms with Gasteiger partial charge in [-0.2, -0.15) is 0 Å². The van der Waals surface area contributed by atoms with Crippen LogP contribution in [0.15, 0.2) is 0 Å². The molecule has 10 unspecified atom stereocenters. The van der Waals surface area contributed by atoms with Crippen molar-refractivity contribution in [3.05, 3.63) is 0 Å². The van der Waals surface area contributed by atoms with Crippen molar-refractivity contribution in [3.8, 4) is 0 Å². The molecule has 214 valence electrons. The Labute approximate surface area is 230 Å². The molecule has 6 aliphatic carbocycles. The molecule has 0 radical (unpaired) electrons. The molecule has 0 spiro atoms. The number of rotatable bonds is 4. The third-order valence-corrected chi connectivity index (χ3v) is 13.6. The van der Waals surface area contributed by atoms with Gasteiger partial charge < -0.3 is 14.6 Å². The van der Waals surface area contributed by atoms with E-state index in [1.807, 2.05) is 0 Å². The van der Waals surface area contributed by atoms with Crippen LogP contribution >= 0.6 is 0 Å². The highest BCUT2D eigenvalue weighted by atomic mass is 16.6. The average molecular weight is 529 g/mol. The average Bonchev–Trinajstić information content (AvgIpc) is 3.56. The summed E-state index contributed by atoms with van der Waals surface area (Å²) in [6, 6.07) is 0. The third-order valence-electron chi connectivity index (χ3n) is 13.6. The van der Waals surface area contributed by atoms with E-state index in [0.717, 1.165) is 62.4 Å². The van der Waals surface area contributed by atoms with E-state index in [4.69, 9.17) is 9.47 Å². The van der Waals surface area contributed by atoms with E-state index in [0.29, 0.717) is 29.3 Å². The molecule has 0 aromatic carbocycles. The predicted octanol–water partition coefficient (Wildman–Crippen LogP) is 7.26. The molecule has 7 fully saturated rings. The first kappa shape index (κ1) is 27.1. The molecule has 7 aliphatic rings. The zero-order chi connectivity index (χ0) is 26.7. The van der Waals surface area contributed by atoms with E-state index in [2.05, 4.69) is 20.8 Å². The number of carboxylic acids is 1. The number of carbonyl (C=O) groups excluding carboxylic acids is 1. The van der Waals surface area contributed by atoms with Crippen LogP contribution in [0.4, 0.5) is 0 Å². The molecule has 1 saturated heterocycles. The molecule has 38 heavy (non-hydrogen) atoms. The zero-order valence-electron chi connectivity index (χ0n) is 24.2. The van der Waals surface area contributed by atoms with E-state index in [1.165, 1.54) is 64.2 Å². The first-order valence-corrected chi connectivity index (χ1v) is 16.2. The number of hydrogen-bond donors (Lipinski definition) is 1. The number of aliphatic carboxylic acids is 1. The van der Waals surface area contributed by atoms with Gasteiger partial charge >= 0.3 is 11.9 Å². The lowest BCUT2D eigenvalue weighted by atomic mass is 9.38. The molecule has 5 nitrogen and oxygen atoms in total. The van der Waals surface area contributed by atoms with Crippen molar-refractivity contribution >= 4 is 11.9 Å². The lowest BCUT2D eigenvalue weighted by Crippen LogP contribution is -2.60. The van der Waals surface area contributed by atoms with E-state index >= 15 is 0 Å². The highest BCUT2D eigenvalue weighted by molar-refractivity contribution is 5.76.